The summed E-state index contributed by atoms with van der Waals surface area (Å²) < 4.78 is 19.0. The van der Waals surface area contributed by atoms with Gasteiger partial charge in [-0.05, 0) is 38.7 Å². The zero-order chi connectivity index (χ0) is 19.4. The lowest BCUT2D eigenvalue weighted by atomic mass is 9.83. The van der Waals surface area contributed by atoms with Crippen molar-refractivity contribution in [2.45, 2.75) is 45.8 Å². The number of imidazole rings is 1. The Kier molecular flexibility index (Phi) is 6.15. The summed E-state index contributed by atoms with van der Waals surface area (Å²) in [5.41, 5.74) is 1.54. The van der Waals surface area contributed by atoms with Crippen molar-refractivity contribution >= 4 is 17.1 Å². The molecule has 1 aliphatic carbocycles. The van der Waals surface area contributed by atoms with Crippen LogP contribution >= 0.6 is 0 Å². The minimum Gasteiger partial charge on any atom is -0.477 e. The van der Waals surface area contributed by atoms with Crippen LogP contribution in [0, 0.1) is 5.92 Å². The van der Waals surface area contributed by atoms with E-state index in [0.717, 1.165) is 24.0 Å². The van der Waals surface area contributed by atoms with Crippen molar-refractivity contribution in [3.8, 4) is 11.9 Å². The number of carbonyl (C=O) groups is 1. The minimum atomic E-state index is -0.0303. The van der Waals surface area contributed by atoms with Gasteiger partial charge in [0.2, 0.25) is 11.8 Å². The standard InChI is InChI=1S/C19H28N4O4/c1-5-25-19-21-16-6-7-17(22-18(16)23(19)4)27-11-14-8-15(9-14)26-10-12(2)20-13(3)24/h6-7,12,14-15H,5,8-11H2,1-4H3,(H,20,24)/t12-,14?,15?/m0/s1. The highest BCUT2D eigenvalue weighted by molar-refractivity contribution is 5.73. The first kappa shape index (κ1) is 19.4. The molecule has 27 heavy (non-hydrogen) atoms. The van der Waals surface area contributed by atoms with E-state index in [1.165, 1.54) is 6.92 Å². The molecule has 0 aliphatic heterocycles. The Labute approximate surface area is 159 Å². The number of hydrogen-bond acceptors (Lipinski definition) is 6. The average molecular weight is 376 g/mol. The molecule has 0 radical (unpaired) electrons. The molecule has 0 saturated heterocycles. The number of ether oxygens (including phenoxy) is 3. The first-order chi connectivity index (χ1) is 13.0. The number of amides is 1. The van der Waals surface area contributed by atoms with Gasteiger partial charge in [-0.2, -0.15) is 9.97 Å². The van der Waals surface area contributed by atoms with Crippen LogP contribution in [0.1, 0.15) is 33.6 Å². The van der Waals surface area contributed by atoms with E-state index in [1.807, 2.05) is 37.6 Å². The van der Waals surface area contributed by atoms with Crippen molar-refractivity contribution in [3.63, 3.8) is 0 Å². The zero-order valence-electron chi connectivity index (χ0n) is 16.4. The molecular weight excluding hydrogens is 348 g/mol. The maximum atomic E-state index is 11.0. The fourth-order valence-corrected chi connectivity index (χ4v) is 3.18. The molecule has 2 heterocycles. The molecule has 8 nitrogen and oxygen atoms in total. The maximum Gasteiger partial charge on any atom is 0.298 e. The lowest BCUT2D eigenvalue weighted by Crippen LogP contribution is -2.40. The molecular formula is C19H28N4O4. The summed E-state index contributed by atoms with van der Waals surface area (Å²) in [6.45, 7) is 7.11. The summed E-state index contributed by atoms with van der Waals surface area (Å²) in [5.74, 6) is 1.03. The Morgan fingerprint density at radius 3 is 2.81 bits per heavy atom. The molecule has 1 atom stereocenters. The van der Waals surface area contributed by atoms with Gasteiger partial charge in [-0.1, -0.05) is 0 Å². The fraction of sp³-hybridized carbons (Fsp3) is 0.632. The molecule has 1 aliphatic rings. The van der Waals surface area contributed by atoms with Crippen LogP contribution in [0.15, 0.2) is 12.1 Å². The molecule has 1 amide bonds. The summed E-state index contributed by atoms with van der Waals surface area (Å²) >= 11 is 0. The second-order valence-corrected chi connectivity index (χ2v) is 7.08. The lowest BCUT2D eigenvalue weighted by Gasteiger charge is -2.35. The molecule has 0 unspecified atom stereocenters. The number of pyridine rings is 1. The van der Waals surface area contributed by atoms with Crippen LogP contribution in [0.3, 0.4) is 0 Å². The van der Waals surface area contributed by atoms with E-state index >= 15 is 0 Å². The molecule has 148 valence electrons. The third kappa shape index (κ3) is 4.88. The molecule has 0 spiro atoms. The lowest BCUT2D eigenvalue weighted by molar-refractivity contribution is -0.120. The van der Waals surface area contributed by atoms with Crippen LogP contribution in [0.2, 0.25) is 0 Å². The van der Waals surface area contributed by atoms with Gasteiger partial charge in [-0.3, -0.25) is 9.36 Å². The average Bonchev–Trinajstić information content (AvgIpc) is 2.88. The monoisotopic (exact) mass is 376 g/mol. The second kappa shape index (κ2) is 8.56. The predicted molar refractivity (Wildman–Crippen MR) is 101 cm³/mol. The number of carbonyl (C=O) groups excluding carboxylic acids is 1. The molecule has 2 aromatic rings. The van der Waals surface area contributed by atoms with E-state index in [1.54, 1.807) is 0 Å². The van der Waals surface area contributed by atoms with Crippen LogP contribution < -0.4 is 14.8 Å². The number of nitrogens with zero attached hydrogens (tertiary/aromatic N) is 3. The summed E-state index contributed by atoms with van der Waals surface area (Å²) in [6, 6.07) is 4.34. The molecule has 8 heteroatoms. The van der Waals surface area contributed by atoms with Crippen molar-refractivity contribution in [3.05, 3.63) is 12.1 Å². The van der Waals surface area contributed by atoms with Crippen molar-refractivity contribution in [1.82, 2.24) is 19.9 Å². The summed E-state index contributed by atoms with van der Waals surface area (Å²) in [4.78, 5) is 19.9. The van der Waals surface area contributed by atoms with Crippen LogP contribution in [0.5, 0.6) is 11.9 Å². The van der Waals surface area contributed by atoms with E-state index < -0.39 is 0 Å². The van der Waals surface area contributed by atoms with E-state index in [-0.39, 0.29) is 18.1 Å². The Morgan fingerprint density at radius 2 is 2.11 bits per heavy atom. The third-order valence-electron chi connectivity index (χ3n) is 4.61. The highest BCUT2D eigenvalue weighted by Crippen LogP contribution is 2.31. The molecule has 0 aromatic carbocycles. The number of aromatic nitrogens is 3. The molecule has 1 saturated carbocycles. The minimum absolute atomic E-state index is 0.0303. The Hall–Kier alpha value is -2.35. The largest absolute Gasteiger partial charge is 0.477 e. The topological polar surface area (TPSA) is 87.5 Å². The molecule has 0 bridgehead atoms. The van der Waals surface area contributed by atoms with Crippen LogP contribution in [-0.4, -0.2) is 52.4 Å². The van der Waals surface area contributed by atoms with Crippen molar-refractivity contribution in [2.24, 2.45) is 13.0 Å². The van der Waals surface area contributed by atoms with Crippen molar-refractivity contribution < 1.29 is 19.0 Å². The highest BCUT2D eigenvalue weighted by atomic mass is 16.5. The number of rotatable bonds is 9. The second-order valence-electron chi connectivity index (χ2n) is 7.08. The van der Waals surface area contributed by atoms with Crippen LogP contribution in [-0.2, 0) is 16.6 Å². The normalized spacial score (nSPS) is 20.1. The molecule has 2 aromatic heterocycles. The first-order valence-electron chi connectivity index (χ1n) is 9.44. The van der Waals surface area contributed by atoms with Gasteiger partial charge in [0.05, 0.1) is 25.9 Å². The summed E-state index contributed by atoms with van der Waals surface area (Å²) in [6.07, 6.45) is 2.18. The van der Waals surface area contributed by atoms with Crippen LogP contribution in [0.4, 0.5) is 0 Å². The Morgan fingerprint density at radius 1 is 1.33 bits per heavy atom. The van der Waals surface area contributed by atoms with Gasteiger partial charge in [0.15, 0.2) is 5.65 Å². The zero-order valence-corrected chi connectivity index (χ0v) is 16.4. The smallest absolute Gasteiger partial charge is 0.298 e. The maximum absolute atomic E-state index is 11.0. The Balaban J connectivity index is 1.43. The first-order valence-corrected chi connectivity index (χ1v) is 9.44. The molecule has 1 fully saturated rings. The number of hydrogen-bond donors (Lipinski definition) is 1. The van der Waals surface area contributed by atoms with Gasteiger partial charge < -0.3 is 19.5 Å². The van der Waals surface area contributed by atoms with Gasteiger partial charge in [-0.15, -0.1) is 0 Å². The van der Waals surface area contributed by atoms with Gasteiger partial charge in [0, 0.05) is 26.1 Å². The van der Waals surface area contributed by atoms with Gasteiger partial charge in [-0.25, -0.2) is 0 Å². The predicted octanol–water partition coefficient (Wildman–Crippen LogP) is 2.07. The van der Waals surface area contributed by atoms with Gasteiger partial charge >= 0.3 is 0 Å². The van der Waals surface area contributed by atoms with Gasteiger partial charge in [0.1, 0.15) is 5.52 Å². The quantitative estimate of drug-likeness (QED) is 0.721. The van der Waals surface area contributed by atoms with Crippen molar-refractivity contribution in [2.75, 3.05) is 19.8 Å². The van der Waals surface area contributed by atoms with E-state index in [9.17, 15) is 4.79 Å². The number of aryl methyl sites for hydroxylation is 1. The molecule has 3 rings (SSSR count). The highest BCUT2D eigenvalue weighted by Gasteiger charge is 2.31. The fourth-order valence-electron chi connectivity index (χ4n) is 3.18. The summed E-state index contributed by atoms with van der Waals surface area (Å²) in [7, 11) is 1.88. The van der Waals surface area contributed by atoms with E-state index in [2.05, 4.69) is 15.3 Å². The number of nitrogens with one attached hydrogen (secondary N) is 1. The van der Waals surface area contributed by atoms with E-state index in [4.69, 9.17) is 14.2 Å². The Bertz CT molecular complexity index is 785. The summed E-state index contributed by atoms with van der Waals surface area (Å²) in [5, 5.41) is 2.82. The van der Waals surface area contributed by atoms with E-state index in [0.29, 0.717) is 37.6 Å². The molecule has 1 N–H and O–H groups in total. The van der Waals surface area contributed by atoms with Crippen molar-refractivity contribution in [1.29, 1.82) is 0 Å². The number of fused-ring (bicyclic) bond motifs is 1. The van der Waals surface area contributed by atoms with Gasteiger partial charge in [0.25, 0.3) is 6.01 Å². The van der Waals surface area contributed by atoms with Crippen LogP contribution in [0.25, 0.3) is 11.2 Å². The third-order valence-corrected chi connectivity index (χ3v) is 4.61. The SMILES string of the molecule is CCOc1nc2ccc(OCC3CC(OC[C@H](C)NC(C)=O)C3)nc2n1C.